The van der Waals surface area contributed by atoms with Crippen LogP contribution in [0.1, 0.15) is 29.2 Å². The number of nitrogens with zero attached hydrogens (tertiary/aromatic N) is 2. The van der Waals surface area contributed by atoms with Crippen molar-refractivity contribution in [1.82, 2.24) is 10.2 Å². The molecule has 2 aromatic carbocycles. The molecule has 5 rings (SSSR count). The summed E-state index contributed by atoms with van der Waals surface area (Å²) in [5, 5.41) is 3.42. The molecular formula is C22H24FN3O. The van der Waals surface area contributed by atoms with Crippen molar-refractivity contribution in [1.29, 1.82) is 0 Å². The van der Waals surface area contributed by atoms with Crippen LogP contribution >= 0.6 is 0 Å². The summed E-state index contributed by atoms with van der Waals surface area (Å²) in [6.07, 6.45) is 2.28. The van der Waals surface area contributed by atoms with Crippen molar-refractivity contribution in [2.24, 2.45) is 10.9 Å². The molecular weight excluding hydrogens is 341 g/mol. The van der Waals surface area contributed by atoms with Gasteiger partial charge in [-0.25, -0.2) is 9.38 Å². The molecule has 1 fully saturated rings. The second kappa shape index (κ2) is 6.97. The third kappa shape index (κ3) is 3.10. The smallest absolute Gasteiger partial charge is 0.288 e. The molecule has 0 amide bonds. The Balaban J connectivity index is 1.47. The lowest BCUT2D eigenvalue weighted by atomic mass is 9.88. The maximum atomic E-state index is 13.5. The SMILES string of the molecule is Fc1ccc([C@H]2c3ccccc3CCN2C2=NCC([C@@H]3CCNC3)O2)cc1. The number of hydrogen-bond donors (Lipinski definition) is 1. The number of amidine groups is 1. The van der Waals surface area contributed by atoms with Gasteiger partial charge in [-0.3, -0.25) is 0 Å². The van der Waals surface area contributed by atoms with Crippen LogP contribution in [0, 0.1) is 11.7 Å². The molecule has 0 aliphatic carbocycles. The molecule has 0 aromatic heterocycles. The summed E-state index contributed by atoms with van der Waals surface area (Å²) < 4.78 is 19.8. The minimum absolute atomic E-state index is 0.00903. The monoisotopic (exact) mass is 365 g/mol. The van der Waals surface area contributed by atoms with Crippen LogP contribution in [0.5, 0.6) is 0 Å². The van der Waals surface area contributed by atoms with Gasteiger partial charge < -0.3 is 15.0 Å². The van der Waals surface area contributed by atoms with E-state index in [4.69, 9.17) is 9.73 Å². The average molecular weight is 365 g/mol. The Kier molecular flexibility index (Phi) is 4.32. The first-order valence-corrected chi connectivity index (χ1v) is 9.81. The first-order chi connectivity index (χ1) is 13.3. The number of hydrogen-bond acceptors (Lipinski definition) is 4. The lowest BCUT2D eigenvalue weighted by Crippen LogP contribution is -2.42. The van der Waals surface area contributed by atoms with E-state index in [-0.39, 0.29) is 18.0 Å². The number of ether oxygens (including phenoxy) is 1. The second-order valence-corrected chi connectivity index (χ2v) is 7.63. The van der Waals surface area contributed by atoms with Gasteiger partial charge in [-0.15, -0.1) is 0 Å². The molecule has 0 saturated carbocycles. The maximum absolute atomic E-state index is 13.5. The maximum Gasteiger partial charge on any atom is 0.288 e. The summed E-state index contributed by atoms with van der Waals surface area (Å²) in [6, 6.07) is 16.1. The first kappa shape index (κ1) is 16.8. The summed E-state index contributed by atoms with van der Waals surface area (Å²) in [4.78, 5) is 7.03. The summed E-state index contributed by atoms with van der Waals surface area (Å²) in [7, 11) is 0. The Bertz CT molecular complexity index is 845. The molecule has 3 heterocycles. The molecule has 1 N–H and O–H groups in total. The third-order valence-corrected chi connectivity index (χ3v) is 6.00. The molecule has 27 heavy (non-hydrogen) atoms. The molecule has 5 heteroatoms. The van der Waals surface area contributed by atoms with Crippen molar-refractivity contribution < 1.29 is 9.13 Å². The van der Waals surface area contributed by atoms with Crippen molar-refractivity contribution in [2.45, 2.75) is 25.0 Å². The van der Waals surface area contributed by atoms with Crippen LogP contribution in [-0.2, 0) is 11.2 Å². The molecule has 0 spiro atoms. The Morgan fingerprint density at radius 2 is 1.96 bits per heavy atom. The molecule has 0 bridgehead atoms. The van der Waals surface area contributed by atoms with Crippen LogP contribution < -0.4 is 5.32 Å². The van der Waals surface area contributed by atoms with Crippen molar-refractivity contribution in [3.05, 3.63) is 71.0 Å². The molecule has 3 atom stereocenters. The van der Waals surface area contributed by atoms with E-state index in [1.165, 1.54) is 23.3 Å². The van der Waals surface area contributed by atoms with Crippen molar-refractivity contribution in [3.8, 4) is 0 Å². The molecule has 1 unspecified atom stereocenters. The highest BCUT2D eigenvalue weighted by molar-refractivity contribution is 5.77. The zero-order valence-electron chi connectivity index (χ0n) is 15.3. The van der Waals surface area contributed by atoms with Crippen LogP contribution in [0.15, 0.2) is 53.5 Å². The van der Waals surface area contributed by atoms with E-state index < -0.39 is 0 Å². The van der Waals surface area contributed by atoms with Crippen LogP contribution in [0.4, 0.5) is 4.39 Å². The fourth-order valence-corrected chi connectivity index (χ4v) is 4.55. The van der Waals surface area contributed by atoms with Gasteiger partial charge in [0.2, 0.25) is 0 Å². The number of nitrogens with one attached hydrogen (secondary N) is 1. The van der Waals surface area contributed by atoms with Gasteiger partial charge in [-0.1, -0.05) is 36.4 Å². The predicted octanol–water partition coefficient (Wildman–Crippen LogP) is 3.14. The molecule has 2 aromatic rings. The van der Waals surface area contributed by atoms with Gasteiger partial charge in [0.1, 0.15) is 11.9 Å². The van der Waals surface area contributed by atoms with Gasteiger partial charge in [0.25, 0.3) is 6.02 Å². The van der Waals surface area contributed by atoms with E-state index in [0.29, 0.717) is 5.92 Å². The van der Waals surface area contributed by atoms with E-state index >= 15 is 0 Å². The third-order valence-electron chi connectivity index (χ3n) is 6.00. The number of halogens is 1. The highest BCUT2D eigenvalue weighted by atomic mass is 19.1. The number of aliphatic imine (C=N–C) groups is 1. The second-order valence-electron chi connectivity index (χ2n) is 7.63. The molecule has 1 saturated heterocycles. The highest BCUT2D eigenvalue weighted by Crippen LogP contribution is 2.37. The predicted molar refractivity (Wildman–Crippen MR) is 103 cm³/mol. The zero-order valence-corrected chi connectivity index (χ0v) is 15.3. The summed E-state index contributed by atoms with van der Waals surface area (Å²) in [5.41, 5.74) is 3.67. The molecule has 4 nitrogen and oxygen atoms in total. The van der Waals surface area contributed by atoms with E-state index in [1.807, 2.05) is 12.1 Å². The Labute approximate surface area is 159 Å². The minimum atomic E-state index is -0.211. The fourth-order valence-electron chi connectivity index (χ4n) is 4.55. The van der Waals surface area contributed by atoms with Crippen LogP contribution in [-0.4, -0.2) is 43.2 Å². The van der Waals surface area contributed by atoms with E-state index in [2.05, 4.69) is 34.5 Å². The van der Waals surface area contributed by atoms with Crippen molar-refractivity contribution >= 4 is 6.02 Å². The zero-order chi connectivity index (χ0) is 18.2. The van der Waals surface area contributed by atoms with E-state index in [1.54, 1.807) is 0 Å². The van der Waals surface area contributed by atoms with Gasteiger partial charge >= 0.3 is 0 Å². The van der Waals surface area contributed by atoms with Gasteiger partial charge in [0.05, 0.1) is 12.6 Å². The van der Waals surface area contributed by atoms with E-state index in [0.717, 1.165) is 50.6 Å². The first-order valence-electron chi connectivity index (χ1n) is 9.81. The van der Waals surface area contributed by atoms with Gasteiger partial charge in [-0.05, 0) is 48.2 Å². The van der Waals surface area contributed by atoms with Crippen molar-refractivity contribution in [3.63, 3.8) is 0 Å². The molecule has 140 valence electrons. The van der Waals surface area contributed by atoms with E-state index in [9.17, 15) is 4.39 Å². The van der Waals surface area contributed by atoms with Crippen LogP contribution in [0.3, 0.4) is 0 Å². The largest absolute Gasteiger partial charge is 0.460 e. The van der Waals surface area contributed by atoms with Crippen LogP contribution in [0.2, 0.25) is 0 Å². The topological polar surface area (TPSA) is 36.9 Å². The fraction of sp³-hybridized carbons (Fsp3) is 0.409. The quantitative estimate of drug-likeness (QED) is 0.888. The van der Waals surface area contributed by atoms with Crippen molar-refractivity contribution in [2.75, 3.05) is 26.2 Å². The van der Waals surface area contributed by atoms with Gasteiger partial charge in [-0.2, -0.15) is 0 Å². The molecule has 0 radical (unpaired) electrons. The highest BCUT2D eigenvalue weighted by Gasteiger charge is 2.37. The summed E-state index contributed by atoms with van der Waals surface area (Å²) in [5.74, 6) is 0.324. The summed E-state index contributed by atoms with van der Waals surface area (Å²) >= 11 is 0. The van der Waals surface area contributed by atoms with Gasteiger partial charge in [0, 0.05) is 19.0 Å². The van der Waals surface area contributed by atoms with Gasteiger partial charge in [0.15, 0.2) is 0 Å². The summed E-state index contributed by atoms with van der Waals surface area (Å²) in [6.45, 7) is 3.66. The normalized spacial score (nSPS) is 27.2. The standard InChI is InChI=1S/C22H24FN3O/c23-18-7-5-16(6-8-18)21-19-4-2-1-3-15(19)10-12-26(21)22-25-14-20(27-22)17-9-11-24-13-17/h1-8,17,20-21,24H,9-14H2/t17-,20?,21+/m1/s1. The van der Waals surface area contributed by atoms with Crippen LogP contribution in [0.25, 0.3) is 0 Å². The lowest BCUT2D eigenvalue weighted by Gasteiger charge is -2.38. The minimum Gasteiger partial charge on any atom is -0.460 e. The molecule has 3 aliphatic rings. The molecule has 3 aliphatic heterocycles. The Hall–Kier alpha value is -2.40. The number of fused-ring (bicyclic) bond motifs is 1. The number of benzene rings is 2. The average Bonchev–Trinajstić information content (AvgIpc) is 3.39. The Morgan fingerprint density at radius 3 is 2.78 bits per heavy atom. The lowest BCUT2D eigenvalue weighted by molar-refractivity contribution is 0.126. The Morgan fingerprint density at radius 1 is 1.11 bits per heavy atom. The number of rotatable bonds is 2.